The number of hydrogen-bond donors (Lipinski definition) is 1. The molecule has 2 heteroatoms. The van der Waals surface area contributed by atoms with Gasteiger partial charge in [0, 0.05) is 11.6 Å². The van der Waals surface area contributed by atoms with Crippen molar-refractivity contribution in [1.29, 1.82) is 0 Å². The van der Waals surface area contributed by atoms with E-state index in [2.05, 4.69) is 31.0 Å². The highest BCUT2D eigenvalue weighted by Gasteiger charge is 2.04. The van der Waals surface area contributed by atoms with Crippen LogP contribution >= 0.6 is 0 Å². The van der Waals surface area contributed by atoms with Crippen molar-refractivity contribution in [2.45, 2.75) is 13.8 Å². The first-order valence-corrected chi connectivity index (χ1v) is 5.87. The molecule has 0 amide bonds. The molecule has 2 nitrogen and oxygen atoms in total. The minimum atomic E-state index is 0.105. The van der Waals surface area contributed by atoms with Crippen LogP contribution in [0.5, 0.6) is 0 Å². The van der Waals surface area contributed by atoms with Gasteiger partial charge >= 0.3 is 0 Å². The number of para-hydroxylation sites is 1. The lowest BCUT2D eigenvalue weighted by Crippen LogP contribution is -1.99. The maximum Gasteiger partial charge on any atom is 0.0707 e. The third kappa shape index (κ3) is 2.53. The average molecular weight is 227 g/mol. The quantitative estimate of drug-likeness (QED) is 0.873. The summed E-state index contributed by atoms with van der Waals surface area (Å²) in [4.78, 5) is 4.33. The van der Waals surface area contributed by atoms with E-state index in [1.54, 1.807) is 0 Å². The standard InChI is InChI=1S/C15H17NO/c1-11(2)13(10-17)9-12-7-8-16-15-6-4-3-5-14(12)15/h3-9,11,17H,10H2,1-2H3. The Hall–Kier alpha value is -1.67. The summed E-state index contributed by atoms with van der Waals surface area (Å²) in [5, 5.41) is 10.5. The highest BCUT2D eigenvalue weighted by atomic mass is 16.3. The average Bonchev–Trinajstić information content (AvgIpc) is 2.35. The number of aromatic nitrogens is 1. The van der Waals surface area contributed by atoms with Crippen molar-refractivity contribution in [2.24, 2.45) is 5.92 Å². The summed E-state index contributed by atoms with van der Waals surface area (Å²) in [6, 6.07) is 10.0. The minimum Gasteiger partial charge on any atom is -0.392 e. The van der Waals surface area contributed by atoms with Crippen molar-refractivity contribution < 1.29 is 5.11 Å². The molecule has 1 aromatic heterocycles. The van der Waals surface area contributed by atoms with Gasteiger partial charge < -0.3 is 5.11 Å². The monoisotopic (exact) mass is 227 g/mol. The Bertz CT molecular complexity index is 538. The first-order valence-electron chi connectivity index (χ1n) is 5.87. The molecule has 2 rings (SSSR count). The molecule has 1 N–H and O–H groups in total. The number of aliphatic hydroxyl groups excluding tert-OH is 1. The van der Waals surface area contributed by atoms with Crippen LogP contribution < -0.4 is 0 Å². The van der Waals surface area contributed by atoms with E-state index in [-0.39, 0.29) is 6.61 Å². The maximum absolute atomic E-state index is 9.35. The van der Waals surface area contributed by atoms with E-state index in [0.29, 0.717) is 5.92 Å². The molecule has 1 heterocycles. The van der Waals surface area contributed by atoms with Crippen LogP contribution in [0.2, 0.25) is 0 Å². The molecule has 88 valence electrons. The molecular weight excluding hydrogens is 210 g/mol. The van der Waals surface area contributed by atoms with Gasteiger partial charge in [0.05, 0.1) is 12.1 Å². The molecule has 0 aliphatic carbocycles. The molecule has 0 saturated heterocycles. The Morgan fingerprint density at radius 3 is 2.76 bits per heavy atom. The Morgan fingerprint density at radius 2 is 2.06 bits per heavy atom. The molecule has 1 aromatic carbocycles. The molecular formula is C15H17NO. The fourth-order valence-electron chi connectivity index (χ4n) is 1.84. The molecule has 0 aliphatic heterocycles. The van der Waals surface area contributed by atoms with Gasteiger partial charge in [0.25, 0.3) is 0 Å². The van der Waals surface area contributed by atoms with Gasteiger partial charge in [-0.2, -0.15) is 0 Å². The number of hydrogen-bond acceptors (Lipinski definition) is 2. The summed E-state index contributed by atoms with van der Waals surface area (Å²) in [6.07, 6.45) is 3.87. The summed E-state index contributed by atoms with van der Waals surface area (Å²) in [5.74, 6) is 0.354. The second kappa shape index (κ2) is 5.11. The largest absolute Gasteiger partial charge is 0.392 e. The van der Waals surface area contributed by atoms with Gasteiger partial charge in [-0.25, -0.2) is 0 Å². The van der Waals surface area contributed by atoms with Crippen LogP contribution in [0, 0.1) is 5.92 Å². The zero-order valence-corrected chi connectivity index (χ0v) is 10.2. The van der Waals surface area contributed by atoms with Crippen LogP contribution in [0.3, 0.4) is 0 Å². The normalized spacial score (nSPS) is 12.4. The third-order valence-electron chi connectivity index (χ3n) is 2.95. The van der Waals surface area contributed by atoms with Gasteiger partial charge in [-0.05, 0) is 29.2 Å². The van der Waals surface area contributed by atoms with Crippen LogP contribution in [-0.2, 0) is 0 Å². The van der Waals surface area contributed by atoms with E-state index < -0.39 is 0 Å². The minimum absolute atomic E-state index is 0.105. The Kier molecular flexibility index (Phi) is 3.55. The van der Waals surface area contributed by atoms with Gasteiger partial charge in [0.1, 0.15) is 0 Å². The number of fused-ring (bicyclic) bond motifs is 1. The van der Waals surface area contributed by atoms with Gasteiger partial charge in [-0.15, -0.1) is 0 Å². The van der Waals surface area contributed by atoms with Crippen LogP contribution in [0.1, 0.15) is 19.4 Å². The first kappa shape index (κ1) is 11.8. The second-order valence-electron chi connectivity index (χ2n) is 4.45. The van der Waals surface area contributed by atoms with E-state index in [1.165, 1.54) is 0 Å². The first-order chi connectivity index (χ1) is 8.22. The molecule has 0 saturated carbocycles. The summed E-state index contributed by atoms with van der Waals surface area (Å²) in [7, 11) is 0. The van der Waals surface area contributed by atoms with E-state index in [1.807, 2.05) is 30.5 Å². The van der Waals surface area contributed by atoms with Crippen LogP contribution in [-0.4, -0.2) is 16.7 Å². The van der Waals surface area contributed by atoms with Gasteiger partial charge in [0.15, 0.2) is 0 Å². The van der Waals surface area contributed by atoms with E-state index >= 15 is 0 Å². The molecule has 0 bridgehead atoms. The lowest BCUT2D eigenvalue weighted by Gasteiger charge is -2.09. The predicted octanol–water partition coefficient (Wildman–Crippen LogP) is 3.27. The number of nitrogens with zero attached hydrogens (tertiary/aromatic N) is 1. The number of pyridine rings is 1. The summed E-state index contributed by atoms with van der Waals surface area (Å²) in [6.45, 7) is 4.28. The van der Waals surface area contributed by atoms with Crippen molar-refractivity contribution in [3.63, 3.8) is 0 Å². The molecule has 17 heavy (non-hydrogen) atoms. The number of benzene rings is 1. The Labute approximate surface area is 102 Å². The molecule has 2 aromatic rings. The van der Waals surface area contributed by atoms with Crippen LogP contribution in [0.4, 0.5) is 0 Å². The van der Waals surface area contributed by atoms with Gasteiger partial charge in [0.2, 0.25) is 0 Å². The Balaban J connectivity index is 2.56. The molecule has 0 unspecified atom stereocenters. The SMILES string of the molecule is CC(C)C(=Cc1ccnc2ccccc12)CO. The highest BCUT2D eigenvalue weighted by molar-refractivity contribution is 5.87. The van der Waals surface area contributed by atoms with E-state index in [4.69, 9.17) is 0 Å². The van der Waals surface area contributed by atoms with E-state index in [9.17, 15) is 5.11 Å². The smallest absolute Gasteiger partial charge is 0.0707 e. The topological polar surface area (TPSA) is 33.1 Å². The molecule has 0 radical (unpaired) electrons. The molecule has 0 spiro atoms. The van der Waals surface area contributed by atoms with Crippen molar-refractivity contribution in [2.75, 3.05) is 6.61 Å². The maximum atomic E-state index is 9.35. The lowest BCUT2D eigenvalue weighted by molar-refractivity contribution is 0.320. The molecule has 0 fully saturated rings. The highest BCUT2D eigenvalue weighted by Crippen LogP contribution is 2.21. The third-order valence-corrected chi connectivity index (χ3v) is 2.95. The fraction of sp³-hybridized carbons (Fsp3) is 0.267. The molecule has 0 aliphatic rings. The second-order valence-corrected chi connectivity index (χ2v) is 4.45. The van der Waals surface area contributed by atoms with Crippen LogP contribution in [0.25, 0.3) is 17.0 Å². The number of rotatable bonds is 3. The zero-order chi connectivity index (χ0) is 12.3. The van der Waals surface area contributed by atoms with E-state index in [0.717, 1.165) is 22.0 Å². The molecule has 0 atom stereocenters. The van der Waals surface area contributed by atoms with Crippen molar-refractivity contribution >= 4 is 17.0 Å². The predicted molar refractivity (Wildman–Crippen MR) is 71.6 cm³/mol. The summed E-state index contributed by atoms with van der Waals surface area (Å²) < 4.78 is 0. The zero-order valence-electron chi connectivity index (χ0n) is 10.2. The van der Waals surface area contributed by atoms with Gasteiger partial charge in [-0.3, -0.25) is 4.98 Å². The summed E-state index contributed by atoms with van der Waals surface area (Å²) >= 11 is 0. The summed E-state index contributed by atoms with van der Waals surface area (Å²) in [5.41, 5.74) is 3.15. The van der Waals surface area contributed by atoms with Crippen LogP contribution in [0.15, 0.2) is 42.1 Å². The Morgan fingerprint density at radius 1 is 1.29 bits per heavy atom. The lowest BCUT2D eigenvalue weighted by atomic mass is 9.99. The van der Waals surface area contributed by atoms with Gasteiger partial charge in [-0.1, -0.05) is 38.1 Å². The fourth-order valence-corrected chi connectivity index (χ4v) is 1.84. The van der Waals surface area contributed by atoms with Crippen molar-refractivity contribution in [1.82, 2.24) is 4.98 Å². The van der Waals surface area contributed by atoms with Crippen molar-refractivity contribution in [3.8, 4) is 0 Å². The number of aliphatic hydroxyl groups is 1. The van der Waals surface area contributed by atoms with Crippen molar-refractivity contribution in [3.05, 3.63) is 47.7 Å².